The number of nitrogens with one attached hydrogen (secondary N) is 2. The molecule has 0 saturated carbocycles. The zero-order valence-electron chi connectivity index (χ0n) is 22.7. The minimum Gasteiger partial charge on any atom is -0.478 e. The van der Waals surface area contributed by atoms with E-state index in [-0.39, 0.29) is 16.7 Å². The first-order valence-corrected chi connectivity index (χ1v) is 12.8. The summed E-state index contributed by atoms with van der Waals surface area (Å²) in [7, 11) is 0. The minimum atomic E-state index is -1.17. The third-order valence-corrected chi connectivity index (χ3v) is 6.95. The predicted octanol–water partition coefficient (Wildman–Crippen LogP) is 6.66. The van der Waals surface area contributed by atoms with Gasteiger partial charge in [0.2, 0.25) is 11.8 Å². The lowest BCUT2D eigenvalue weighted by atomic mass is 9.74. The van der Waals surface area contributed by atoms with Crippen molar-refractivity contribution in [3.05, 3.63) is 107 Å². The van der Waals surface area contributed by atoms with Crippen molar-refractivity contribution in [1.82, 2.24) is 0 Å². The van der Waals surface area contributed by atoms with E-state index in [9.17, 15) is 14.4 Å². The Morgan fingerprint density at radius 2 is 1.03 bits per heavy atom. The number of hydrogen-bond acceptors (Lipinski definition) is 3. The molecule has 2 amide bonds. The molecule has 3 rings (SSSR count). The molecule has 3 aromatic carbocycles. The van der Waals surface area contributed by atoms with E-state index in [1.165, 1.54) is 5.56 Å². The largest absolute Gasteiger partial charge is 0.478 e. The molecule has 0 aliphatic heterocycles. The second kappa shape index (κ2) is 11.9. The lowest BCUT2D eigenvalue weighted by Gasteiger charge is -2.30. The Bertz CT molecular complexity index is 1300. The van der Waals surface area contributed by atoms with Crippen LogP contribution < -0.4 is 10.6 Å². The van der Waals surface area contributed by atoms with E-state index in [1.54, 1.807) is 0 Å². The first kappa shape index (κ1) is 28.4. The van der Waals surface area contributed by atoms with Gasteiger partial charge in [-0.3, -0.25) is 9.59 Å². The molecule has 0 bridgehead atoms. The van der Waals surface area contributed by atoms with Crippen molar-refractivity contribution in [2.45, 2.75) is 58.3 Å². The van der Waals surface area contributed by atoms with E-state index < -0.39 is 11.9 Å². The van der Waals surface area contributed by atoms with Crippen LogP contribution in [0.5, 0.6) is 0 Å². The molecule has 3 N–H and O–H groups in total. The van der Waals surface area contributed by atoms with Gasteiger partial charge in [0.1, 0.15) is 0 Å². The quantitative estimate of drug-likeness (QED) is 0.265. The van der Waals surface area contributed by atoms with Gasteiger partial charge in [-0.05, 0) is 52.9 Å². The van der Waals surface area contributed by atoms with Gasteiger partial charge in [0.05, 0.1) is 0 Å². The van der Waals surface area contributed by atoms with Gasteiger partial charge >= 0.3 is 5.97 Å². The summed E-state index contributed by atoms with van der Waals surface area (Å²) in [5, 5.41) is 14.3. The maximum atomic E-state index is 11.9. The SMILES string of the molecule is CCCC(=O)Nc1ccc(C(C)(C)c2ccc(C(C)(C)c3ccc(NC(=O)/C=C\C(=O)O)cc3)cc2)cc1. The smallest absolute Gasteiger partial charge is 0.328 e. The normalized spacial score (nSPS) is 11.8. The van der Waals surface area contributed by atoms with Crippen LogP contribution in [0.4, 0.5) is 11.4 Å². The number of aliphatic carboxylic acids is 1. The number of amides is 2. The van der Waals surface area contributed by atoms with Crippen molar-refractivity contribution in [3.8, 4) is 0 Å². The average molecular weight is 513 g/mol. The fourth-order valence-corrected chi connectivity index (χ4v) is 4.36. The monoisotopic (exact) mass is 512 g/mol. The summed E-state index contributed by atoms with van der Waals surface area (Å²) >= 11 is 0. The third-order valence-electron chi connectivity index (χ3n) is 6.95. The zero-order chi connectivity index (χ0) is 27.9. The molecule has 0 aliphatic rings. The highest BCUT2D eigenvalue weighted by atomic mass is 16.4. The summed E-state index contributed by atoms with van der Waals surface area (Å²) in [6.45, 7) is 10.7. The molecule has 0 heterocycles. The summed E-state index contributed by atoms with van der Waals surface area (Å²) < 4.78 is 0. The molecule has 6 nitrogen and oxygen atoms in total. The Morgan fingerprint density at radius 3 is 1.39 bits per heavy atom. The molecule has 0 spiro atoms. The standard InChI is InChI=1S/C32H36N2O4/c1-6-7-28(35)33-26-16-12-24(13-17-26)31(2,3)22-8-10-23(11-9-22)32(4,5)25-14-18-27(19-15-25)34-29(36)20-21-30(37)38/h8-21H,6-7H2,1-5H3,(H,33,35)(H,34,36)(H,37,38)/b21-20-. The molecule has 0 aromatic heterocycles. The van der Waals surface area contributed by atoms with E-state index in [1.807, 2.05) is 43.3 Å². The highest BCUT2D eigenvalue weighted by molar-refractivity contribution is 6.02. The number of carbonyl (C=O) groups is 3. The first-order chi connectivity index (χ1) is 17.9. The summed E-state index contributed by atoms with van der Waals surface area (Å²) in [6.07, 6.45) is 3.13. The average Bonchev–Trinajstić information content (AvgIpc) is 2.88. The van der Waals surface area contributed by atoms with Gasteiger partial charge in [0, 0.05) is 40.8 Å². The van der Waals surface area contributed by atoms with E-state index in [2.05, 4.69) is 74.7 Å². The second-order valence-corrected chi connectivity index (χ2v) is 10.4. The Balaban J connectivity index is 1.73. The van der Waals surface area contributed by atoms with Crippen LogP contribution in [0.25, 0.3) is 0 Å². The maximum Gasteiger partial charge on any atom is 0.328 e. The maximum absolute atomic E-state index is 11.9. The molecule has 0 atom stereocenters. The predicted molar refractivity (Wildman–Crippen MR) is 153 cm³/mol. The van der Waals surface area contributed by atoms with Gasteiger partial charge in [-0.1, -0.05) is 83.1 Å². The van der Waals surface area contributed by atoms with Gasteiger partial charge in [-0.2, -0.15) is 0 Å². The topological polar surface area (TPSA) is 95.5 Å². The number of anilines is 2. The van der Waals surface area contributed by atoms with Crippen LogP contribution >= 0.6 is 0 Å². The molecular formula is C32H36N2O4. The van der Waals surface area contributed by atoms with E-state index in [0.717, 1.165) is 41.0 Å². The molecule has 198 valence electrons. The molecule has 0 radical (unpaired) electrons. The minimum absolute atomic E-state index is 0.0324. The van der Waals surface area contributed by atoms with Crippen molar-refractivity contribution >= 4 is 29.2 Å². The number of carboxylic acid groups (broad SMARTS) is 1. The van der Waals surface area contributed by atoms with E-state index in [4.69, 9.17) is 5.11 Å². The van der Waals surface area contributed by atoms with Gasteiger partial charge in [0.15, 0.2) is 0 Å². The zero-order valence-corrected chi connectivity index (χ0v) is 22.7. The summed E-state index contributed by atoms with van der Waals surface area (Å²) in [6, 6.07) is 24.2. The molecule has 0 fully saturated rings. The van der Waals surface area contributed by atoms with Crippen molar-refractivity contribution in [2.24, 2.45) is 0 Å². The Kier molecular flexibility index (Phi) is 8.89. The fourth-order valence-electron chi connectivity index (χ4n) is 4.36. The number of rotatable bonds is 10. The molecule has 0 aliphatic carbocycles. The van der Waals surface area contributed by atoms with Crippen LogP contribution in [0, 0.1) is 0 Å². The van der Waals surface area contributed by atoms with Gasteiger partial charge in [-0.15, -0.1) is 0 Å². The van der Waals surface area contributed by atoms with Crippen LogP contribution in [0.2, 0.25) is 0 Å². The van der Waals surface area contributed by atoms with Crippen LogP contribution in [0.1, 0.15) is 69.7 Å². The summed E-state index contributed by atoms with van der Waals surface area (Å²) in [5.41, 5.74) is 5.51. The van der Waals surface area contributed by atoms with Crippen molar-refractivity contribution in [3.63, 3.8) is 0 Å². The third kappa shape index (κ3) is 6.97. The number of carbonyl (C=O) groups excluding carboxylic acids is 2. The van der Waals surface area contributed by atoms with Gasteiger partial charge in [0.25, 0.3) is 0 Å². The van der Waals surface area contributed by atoms with Crippen LogP contribution in [0.3, 0.4) is 0 Å². The van der Waals surface area contributed by atoms with Crippen LogP contribution in [-0.2, 0) is 25.2 Å². The Morgan fingerprint density at radius 1 is 0.658 bits per heavy atom. The van der Waals surface area contributed by atoms with Crippen molar-refractivity contribution in [1.29, 1.82) is 0 Å². The molecular weight excluding hydrogens is 476 g/mol. The second-order valence-electron chi connectivity index (χ2n) is 10.4. The summed E-state index contributed by atoms with van der Waals surface area (Å²) in [4.78, 5) is 34.3. The molecule has 38 heavy (non-hydrogen) atoms. The molecule has 6 heteroatoms. The van der Waals surface area contributed by atoms with Crippen LogP contribution in [0.15, 0.2) is 84.9 Å². The number of benzene rings is 3. The number of carboxylic acids is 1. The lowest BCUT2D eigenvalue weighted by Crippen LogP contribution is -2.21. The first-order valence-electron chi connectivity index (χ1n) is 12.8. The number of hydrogen-bond donors (Lipinski definition) is 3. The fraction of sp³-hybridized carbons (Fsp3) is 0.281. The van der Waals surface area contributed by atoms with E-state index >= 15 is 0 Å². The molecule has 0 unspecified atom stereocenters. The lowest BCUT2D eigenvalue weighted by molar-refractivity contribution is -0.131. The Labute approximate surface area is 224 Å². The van der Waals surface area contributed by atoms with Crippen molar-refractivity contribution in [2.75, 3.05) is 10.6 Å². The molecule has 3 aromatic rings. The van der Waals surface area contributed by atoms with Crippen LogP contribution in [-0.4, -0.2) is 22.9 Å². The summed E-state index contributed by atoms with van der Waals surface area (Å²) in [5.74, 6) is -1.63. The van der Waals surface area contributed by atoms with Crippen molar-refractivity contribution < 1.29 is 19.5 Å². The molecule has 0 saturated heterocycles. The van der Waals surface area contributed by atoms with Gasteiger partial charge in [-0.25, -0.2) is 4.79 Å². The van der Waals surface area contributed by atoms with Gasteiger partial charge < -0.3 is 15.7 Å². The highest BCUT2D eigenvalue weighted by Gasteiger charge is 2.26. The Hall–Kier alpha value is -4.19. The van der Waals surface area contributed by atoms with E-state index in [0.29, 0.717) is 12.1 Å². The highest BCUT2D eigenvalue weighted by Crippen LogP contribution is 2.36.